The number of hydrogen-bond donors (Lipinski definition) is 0. The Morgan fingerprint density at radius 2 is 2.12 bits per heavy atom. The lowest BCUT2D eigenvalue weighted by Gasteiger charge is -2.25. The predicted molar refractivity (Wildman–Crippen MR) is 101 cm³/mol. The number of carbonyl (C=O) groups excluding carboxylic acids is 1. The van der Waals surface area contributed by atoms with Gasteiger partial charge in [-0.25, -0.2) is 4.98 Å². The minimum Gasteiger partial charge on any atom is -0.497 e. The van der Waals surface area contributed by atoms with Crippen LogP contribution in [-0.4, -0.2) is 48.9 Å². The maximum Gasteiger partial charge on any atom is 0.256 e. The van der Waals surface area contributed by atoms with Crippen molar-refractivity contribution < 1.29 is 19.0 Å². The first-order chi connectivity index (χ1) is 12.7. The largest absolute Gasteiger partial charge is 0.497 e. The summed E-state index contributed by atoms with van der Waals surface area (Å²) in [5.41, 5.74) is 1.48. The topological polar surface area (TPSA) is 60.9 Å². The van der Waals surface area contributed by atoms with Gasteiger partial charge in [-0.15, -0.1) is 11.8 Å². The molecule has 0 bridgehead atoms. The number of amides is 1. The SMILES string of the molecule is CCOc1ccc(C(=O)N2CCSC2c2cc(OC)ccc2OC)cn1. The van der Waals surface area contributed by atoms with Crippen LogP contribution in [0.25, 0.3) is 0 Å². The maximum atomic E-state index is 13.0. The fraction of sp³-hybridized carbons (Fsp3) is 0.368. The van der Waals surface area contributed by atoms with Crippen LogP contribution in [0.2, 0.25) is 0 Å². The maximum absolute atomic E-state index is 13.0. The highest BCUT2D eigenvalue weighted by molar-refractivity contribution is 7.99. The van der Waals surface area contributed by atoms with Gasteiger partial charge in [-0.05, 0) is 31.2 Å². The van der Waals surface area contributed by atoms with Crippen molar-refractivity contribution >= 4 is 17.7 Å². The molecule has 1 amide bonds. The van der Waals surface area contributed by atoms with Crippen LogP contribution in [-0.2, 0) is 0 Å². The van der Waals surface area contributed by atoms with Crippen LogP contribution in [0.15, 0.2) is 36.5 Å². The van der Waals surface area contributed by atoms with Gasteiger partial charge in [0.15, 0.2) is 0 Å². The van der Waals surface area contributed by atoms with Gasteiger partial charge in [0, 0.05) is 30.1 Å². The van der Waals surface area contributed by atoms with Gasteiger partial charge < -0.3 is 19.1 Å². The number of aromatic nitrogens is 1. The second-order valence-electron chi connectivity index (χ2n) is 5.65. The van der Waals surface area contributed by atoms with Crippen LogP contribution in [0.4, 0.5) is 0 Å². The smallest absolute Gasteiger partial charge is 0.256 e. The molecule has 1 aliphatic heterocycles. The molecule has 3 rings (SSSR count). The number of benzene rings is 1. The highest BCUT2D eigenvalue weighted by Gasteiger charge is 2.33. The molecule has 0 spiro atoms. The molecular weight excluding hydrogens is 352 g/mol. The average molecular weight is 374 g/mol. The molecule has 0 aliphatic carbocycles. The van der Waals surface area contributed by atoms with Crippen molar-refractivity contribution in [3.8, 4) is 17.4 Å². The first-order valence-electron chi connectivity index (χ1n) is 8.41. The van der Waals surface area contributed by atoms with Gasteiger partial charge in [-0.3, -0.25) is 4.79 Å². The van der Waals surface area contributed by atoms with Crippen LogP contribution in [0.5, 0.6) is 17.4 Å². The van der Waals surface area contributed by atoms with E-state index in [4.69, 9.17) is 14.2 Å². The van der Waals surface area contributed by atoms with Crippen molar-refractivity contribution in [2.45, 2.75) is 12.3 Å². The van der Waals surface area contributed by atoms with Gasteiger partial charge in [0.1, 0.15) is 16.9 Å². The second kappa shape index (κ2) is 8.31. The zero-order valence-electron chi connectivity index (χ0n) is 15.1. The van der Waals surface area contributed by atoms with Crippen molar-refractivity contribution in [3.63, 3.8) is 0 Å². The highest BCUT2D eigenvalue weighted by atomic mass is 32.2. The van der Waals surface area contributed by atoms with E-state index in [1.165, 1.54) is 0 Å². The third kappa shape index (κ3) is 3.72. The summed E-state index contributed by atoms with van der Waals surface area (Å²) in [4.78, 5) is 19.1. The number of pyridine rings is 1. The van der Waals surface area contributed by atoms with Crippen LogP contribution < -0.4 is 14.2 Å². The molecule has 6 nitrogen and oxygen atoms in total. The molecule has 26 heavy (non-hydrogen) atoms. The third-order valence-corrected chi connectivity index (χ3v) is 5.37. The second-order valence-corrected chi connectivity index (χ2v) is 6.84. The fourth-order valence-corrected chi connectivity index (χ4v) is 4.14. The third-order valence-electron chi connectivity index (χ3n) is 4.13. The Kier molecular flexibility index (Phi) is 5.88. The Balaban J connectivity index is 1.87. The van der Waals surface area contributed by atoms with Gasteiger partial charge in [0.25, 0.3) is 5.91 Å². The van der Waals surface area contributed by atoms with Crippen molar-refractivity contribution in [2.75, 3.05) is 33.1 Å². The highest BCUT2D eigenvalue weighted by Crippen LogP contribution is 2.43. The van der Waals surface area contributed by atoms with Crippen LogP contribution in [0.1, 0.15) is 28.2 Å². The summed E-state index contributed by atoms with van der Waals surface area (Å²) in [7, 11) is 3.26. The molecule has 0 N–H and O–H groups in total. The number of methoxy groups -OCH3 is 2. The lowest BCUT2D eigenvalue weighted by molar-refractivity contribution is 0.0758. The fourth-order valence-electron chi connectivity index (χ4n) is 2.87. The van der Waals surface area contributed by atoms with Gasteiger partial charge in [0.05, 0.1) is 26.4 Å². The monoisotopic (exact) mass is 374 g/mol. The molecule has 0 saturated carbocycles. The summed E-state index contributed by atoms with van der Waals surface area (Å²) in [5, 5.41) is -0.126. The Hall–Kier alpha value is -2.41. The van der Waals surface area contributed by atoms with E-state index in [1.807, 2.05) is 30.0 Å². The molecule has 138 valence electrons. The number of nitrogens with zero attached hydrogens (tertiary/aromatic N) is 2. The van der Waals surface area contributed by atoms with E-state index in [0.717, 1.165) is 22.8 Å². The Bertz CT molecular complexity index is 767. The Labute approximate surface area is 157 Å². The van der Waals surface area contributed by atoms with Crippen molar-refractivity contribution in [1.82, 2.24) is 9.88 Å². The van der Waals surface area contributed by atoms with Crippen molar-refractivity contribution in [2.24, 2.45) is 0 Å². The molecule has 1 atom stereocenters. The first kappa shape index (κ1) is 18.4. The van der Waals surface area contributed by atoms with Gasteiger partial charge >= 0.3 is 0 Å². The predicted octanol–water partition coefficient (Wildman–Crippen LogP) is 3.39. The molecule has 1 fully saturated rings. The van der Waals surface area contributed by atoms with E-state index < -0.39 is 0 Å². The average Bonchev–Trinajstić information content (AvgIpc) is 3.17. The normalized spacial score (nSPS) is 16.4. The minimum absolute atomic E-state index is 0.0552. The summed E-state index contributed by atoms with van der Waals surface area (Å²) in [6.45, 7) is 3.11. The van der Waals surface area contributed by atoms with E-state index in [2.05, 4.69) is 4.98 Å². The van der Waals surface area contributed by atoms with E-state index in [9.17, 15) is 4.79 Å². The molecule has 1 aliphatic rings. The molecule has 0 radical (unpaired) electrons. The van der Waals surface area contributed by atoms with Crippen LogP contribution >= 0.6 is 11.8 Å². The van der Waals surface area contributed by atoms with Crippen LogP contribution in [0.3, 0.4) is 0 Å². The van der Waals surface area contributed by atoms with E-state index in [-0.39, 0.29) is 11.3 Å². The minimum atomic E-state index is -0.126. The Morgan fingerprint density at radius 1 is 1.27 bits per heavy atom. The Morgan fingerprint density at radius 3 is 2.77 bits per heavy atom. The number of hydrogen-bond acceptors (Lipinski definition) is 6. The van der Waals surface area contributed by atoms with Gasteiger partial charge in [-0.2, -0.15) is 0 Å². The summed E-state index contributed by atoms with van der Waals surface area (Å²) < 4.78 is 16.2. The number of ether oxygens (including phenoxy) is 3. The molecule has 1 unspecified atom stereocenters. The van der Waals surface area contributed by atoms with E-state index in [0.29, 0.717) is 24.6 Å². The molecule has 1 aromatic heterocycles. The van der Waals surface area contributed by atoms with Crippen molar-refractivity contribution in [3.05, 3.63) is 47.7 Å². The molecule has 1 aromatic carbocycles. The molecule has 1 saturated heterocycles. The molecular formula is C19H22N2O4S. The summed E-state index contributed by atoms with van der Waals surface area (Å²) >= 11 is 1.71. The number of thioether (sulfide) groups is 1. The van der Waals surface area contributed by atoms with Gasteiger partial charge in [0.2, 0.25) is 5.88 Å². The van der Waals surface area contributed by atoms with E-state index >= 15 is 0 Å². The summed E-state index contributed by atoms with van der Waals surface area (Å²) in [5.74, 6) is 2.81. The molecule has 2 heterocycles. The quantitative estimate of drug-likeness (QED) is 0.772. The first-order valence-corrected chi connectivity index (χ1v) is 9.46. The van der Waals surface area contributed by atoms with Gasteiger partial charge in [-0.1, -0.05) is 0 Å². The van der Waals surface area contributed by atoms with Crippen molar-refractivity contribution in [1.29, 1.82) is 0 Å². The standard InChI is InChI=1S/C19H22N2O4S/c1-4-25-17-8-5-13(12-20-17)18(22)21-9-10-26-19(21)15-11-14(23-2)6-7-16(15)24-3/h5-8,11-12,19H,4,9-10H2,1-3H3. The molecule has 7 heteroatoms. The lowest BCUT2D eigenvalue weighted by atomic mass is 10.1. The summed E-state index contributed by atoms with van der Waals surface area (Å²) in [6, 6.07) is 9.13. The summed E-state index contributed by atoms with van der Waals surface area (Å²) in [6.07, 6.45) is 1.57. The van der Waals surface area contributed by atoms with Crippen LogP contribution in [0, 0.1) is 0 Å². The van der Waals surface area contributed by atoms with E-state index in [1.54, 1.807) is 44.3 Å². The number of rotatable bonds is 6. The lowest BCUT2D eigenvalue weighted by Crippen LogP contribution is -2.30. The zero-order chi connectivity index (χ0) is 18.5. The molecule has 2 aromatic rings. The number of carbonyl (C=O) groups is 1. The zero-order valence-corrected chi connectivity index (χ0v) is 15.9.